The fourth-order valence-electron chi connectivity index (χ4n) is 2.08. The molecule has 2 rings (SSSR count). The summed E-state index contributed by atoms with van der Waals surface area (Å²) in [5.41, 5.74) is 2.57. The molecule has 1 atom stereocenters. The first-order valence-electron chi connectivity index (χ1n) is 5.92. The van der Waals surface area contributed by atoms with Crippen LogP contribution in [0.4, 0.5) is 0 Å². The molecule has 88 valence electrons. The molecule has 0 spiro atoms. The van der Waals surface area contributed by atoms with E-state index in [4.69, 9.17) is 0 Å². The summed E-state index contributed by atoms with van der Waals surface area (Å²) in [5.74, 6) is 0. The summed E-state index contributed by atoms with van der Waals surface area (Å²) in [6, 6.07) is 18.0. The van der Waals surface area contributed by atoms with E-state index in [0.717, 1.165) is 5.56 Å². The van der Waals surface area contributed by atoms with Crippen molar-refractivity contribution in [1.29, 1.82) is 0 Å². The lowest BCUT2D eigenvalue weighted by Gasteiger charge is -2.24. The summed E-state index contributed by atoms with van der Waals surface area (Å²) in [6.07, 6.45) is 0.643. The molecule has 0 aliphatic rings. The predicted octanol–water partition coefficient (Wildman–Crippen LogP) is 3.45. The second-order valence-corrected chi connectivity index (χ2v) is 4.74. The number of hydrogen-bond acceptors (Lipinski definition) is 1. The van der Waals surface area contributed by atoms with Crippen molar-refractivity contribution in [3.8, 4) is 0 Å². The van der Waals surface area contributed by atoms with Crippen molar-refractivity contribution in [3.63, 3.8) is 0 Å². The van der Waals surface area contributed by atoms with Crippen LogP contribution in [-0.2, 0) is 12.0 Å². The van der Waals surface area contributed by atoms with Crippen molar-refractivity contribution in [2.24, 2.45) is 0 Å². The zero-order valence-electron chi connectivity index (χ0n) is 10.4. The number of benzene rings is 2. The minimum Gasteiger partial charge on any atom is -0.385 e. The number of hydrogen-bond donors (Lipinski definition) is 1. The third-order valence-corrected chi connectivity index (χ3v) is 3.19. The first-order chi connectivity index (χ1) is 8.09. The second-order valence-electron chi connectivity index (χ2n) is 4.74. The van der Waals surface area contributed by atoms with Crippen molar-refractivity contribution >= 4 is 0 Å². The van der Waals surface area contributed by atoms with Gasteiger partial charge >= 0.3 is 0 Å². The number of rotatable bonds is 3. The lowest BCUT2D eigenvalue weighted by atomic mass is 9.88. The van der Waals surface area contributed by atoms with E-state index in [0.29, 0.717) is 6.42 Å². The highest BCUT2D eigenvalue weighted by atomic mass is 16.3. The van der Waals surface area contributed by atoms with Gasteiger partial charge in [0.05, 0.1) is 5.60 Å². The summed E-state index contributed by atoms with van der Waals surface area (Å²) >= 11 is 0. The van der Waals surface area contributed by atoms with Crippen molar-refractivity contribution in [3.05, 3.63) is 71.3 Å². The van der Waals surface area contributed by atoms with Gasteiger partial charge in [0.1, 0.15) is 0 Å². The van der Waals surface area contributed by atoms with E-state index in [-0.39, 0.29) is 0 Å². The Morgan fingerprint density at radius 1 is 0.941 bits per heavy atom. The van der Waals surface area contributed by atoms with Crippen LogP contribution in [0.25, 0.3) is 0 Å². The lowest BCUT2D eigenvalue weighted by molar-refractivity contribution is 0.0574. The smallest absolute Gasteiger partial charge is 0.0908 e. The highest BCUT2D eigenvalue weighted by Crippen LogP contribution is 2.26. The average Bonchev–Trinajstić information content (AvgIpc) is 2.33. The molecule has 1 N–H and O–H groups in total. The Bertz CT molecular complexity index is 486. The summed E-state index contributed by atoms with van der Waals surface area (Å²) < 4.78 is 0. The van der Waals surface area contributed by atoms with Gasteiger partial charge in [-0.25, -0.2) is 0 Å². The molecule has 0 amide bonds. The normalized spacial score (nSPS) is 14.3. The largest absolute Gasteiger partial charge is 0.385 e. The SMILES string of the molecule is Cc1ccccc1CC(C)(O)c1ccccc1. The van der Waals surface area contributed by atoms with E-state index in [9.17, 15) is 5.11 Å². The second kappa shape index (κ2) is 4.72. The van der Waals surface area contributed by atoms with Gasteiger partial charge < -0.3 is 5.11 Å². The minimum absolute atomic E-state index is 0.643. The van der Waals surface area contributed by atoms with E-state index < -0.39 is 5.60 Å². The predicted molar refractivity (Wildman–Crippen MR) is 70.9 cm³/mol. The molecule has 1 nitrogen and oxygen atoms in total. The molecular weight excluding hydrogens is 208 g/mol. The molecule has 2 aromatic carbocycles. The van der Waals surface area contributed by atoms with Crippen molar-refractivity contribution in [2.45, 2.75) is 25.9 Å². The maximum absolute atomic E-state index is 10.6. The highest BCUT2D eigenvalue weighted by molar-refractivity contribution is 5.30. The van der Waals surface area contributed by atoms with Gasteiger partial charge in [0.2, 0.25) is 0 Å². The molecule has 0 aliphatic carbocycles. The van der Waals surface area contributed by atoms with Gasteiger partial charge in [0.25, 0.3) is 0 Å². The van der Waals surface area contributed by atoms with Crippen LogP contribution in [0.2, 0.25) is 0 Å². The standard InChI is InChI=1S/C16H18O/c1-13-8-6-7-9-14(13)12-16(2,17)15-10-4-3-5-11-15/h3-11,17H,12H2,1-2H3. The van der Waals surface area contributed by atoms with Gasteiger partial charge in [-0.2, -0.15) is 0 Å². The van der Waals surface area contributed by atoms with Crippen LogP contribution >= 0.6 is 0 Å². The highest BCUT2D eigenvalue weighted by Gasteiger charge is 2.23. The summed E-state index contributed by atoms with van der Waals surface area (Å²) in [4.78, 5) is 0. The summed E-state index contributed by atoms with van der Waals surface area (Å²) in [6.45, 7) is 3.95. The average molecular weight is 226 g/mol. The Balaban J connectivity index is 2.27. The van der Waals surface area contributed by atoms with Gasteiger partial charge in [-0.05, 0) is 30.5 Å². The van der Waals surface area contributed by atoms with Crippen LogP contribution in [-0.4, -0.2) is 5.11 Å². The Morgan fingerprint density at radius 3 is 2.18 bits per heavy atom. The van der Waals surface area contributed by atoms with Crippen LogP contribution < -0.4 is 0 Å². The molecule has 17 heavy (non-hydrogen) atoms. The first kappa shape index (κ1) is 11.9. The molecular formula is C16H18O. The van der Waals surface area contributed by atoms with Crippen molar-refractivity contribution < 1.29 is 5.11 Å². The monoisotopic (exact) mass is 226 g/mol. The number of aliphatic hydroxyl groups is 1. The number of aryl methyl sites for hydroxylation is 1. The third-order valence-electron chi connectivity index (χ3n) is 3.19. The molecule has 0 heterocycles. The molecule has 0 radical (unpaired) electrons. The van der Waals surface area contributed by atoms with Crippen LogP contribution in [0, 0.1) is 6.92 Å². The Kier molecular flexibility index (Phi) is 3.30. The van der Waals surface area contributed by atoms with Crippen molar-refractivity contribution in [2.75, 3.05) is 0 Å². The topological polar surface area (TPSA) is 20.2 Å². The van der Waals surface area contributed by atoms with Crippen LogP contribution in [0.1, 0.15) is 23.6 Å². The molecule has 0 saturated heterocycles. The van der Waals surface area contributed by atoms with Crippen LogP contribution in [0.3, 0.4) is 0 Å². The molecule has 1 unspecified atom stereocenters. The van der Waals surface area contributed by atoms with E-state index in [1.165, 1.54) is 11.1 Å². The first-order valence-corrected chi connectivity index (χ1v) is 5.92. The fourth-order valence-corrected chi connectivity index (χ4v) is 2.08. The maximum atomic E-state index is 10.6. The summed E-state index contributed by atoms with van der Waals surface area (Å²) in [5, 5.41) is 10.6. The van der Waals surface area contributed by atoms with Crippen LogP contribution in [0.5, 0.6) is 0 Å². The molecule has 0 bridgehead atoms. The molecule has 0 saturated carbocycles. The van der Waals surface area contributed by atoms with Crippen molar-refractivity contribution in [1.82, 2.24) is 0 Å². The molecule has 1 heteroatoms. The molecule has 0 aliphatic heterocycles. The van der Waals surface area contributed by atoms with E-state index in [1.54, 1.807) is 0 Å². The minimum atomic E-state index is -0.812. The Labute approximate surface area is 103 Å². The molecule has 0 fully saturated rings. The zero-order chi connectivity index (χ0) is 12.3. The quantitative estimate of drug-likeness (QED) is 0.850. The van der Waals surface area contributed by atoms with Crippen LogP contribution in [0.15, 0.2) is 54.6 Å². The zero-order valence-corrected chi connectivity index (χ0v) is 10.4. The Morgan fingerprint density at radius 2 is 1.53 bits per heavy atom. The van der Waals surface area contributed by atoms with Gasteiger partial charge in [0, 0.05) is 6.42 Å². The van der Waals surface area contributed by atoms with E-state index in [2.05, 4.69) is 19.1 Å². The fraction of sp³-hybridized carbons (Fsp3) is 0.250. The lowest BCUT2D eigenvalue weighted by Crippen LogP contribution is -2.24. The summed E-state index contributed by atoms with van der Waals surface area (Å²) in [7, 11) is 0. The van der Waals surface area contributed by atoms with E-state index >= 15 is 0 Å². The van der Waals surface area contributed by atoms with Gasteiger partial charge in [-0.1, -0.05) is 54.6 Å². The van der Waals surface area contributed by atoms with Gasteiger partial charge in [-0.3, -0.25) is 0 Å². The van der Waals surface area contributed by atoms with E-state index in [1.807, 2.05) is 49.4 Å². The third kappa shape index (κ3) is 2.75. The molecule has 0 aromatic heterocycles. The van der Waals surface area contributed by atoms with Gasteiger partial charge in [0.15, 0.2) is 0 Å². The maximum Gasteiger partial charge on any atom is 0.0908 e. The van der Waals surface area contributed by atoms with Gasteiger partial charge in [-0.15, -0.1) is 0 Å². The molecule has 2 aromatic rings. The Hall–Kier alpha value is -1.60.